The van der Waals surface area contributed by atoms with E-state index in [0.29, 0.717) is 12.0 Å². The molecule has 0 atom stereocenters. The number of halogens is 2. The Morgan fingerprint density at radius 1 is 1.26 bits per heavy atom. The molecule has 0 aliphatic rings. The molecule has 10 heteroatoms. The minimum absolute atomic E-state index is 0.0109. The summed E-state index contributed by atoms with van der Waals surface area (Å²) in [5.74, 6) is -1.34. The zero-order valence-electron chi connectivity index (χ0n) is 14.7. The first kappa shape index (κ1) is 22.0. The number of hydrogen-bond acceptors (Lipinski definition) is 7. The van der Waals surface area contributed by atoms with E-state index in [1.807, 2.05) is 19.0 Å². The van der Waals surface area contributed by atoms with Crippen LogP contribution in [0.25, 0.3) is 0 Å². The third-order valence-corrected chi connectivity index (χ3v) is 7.67. The molecule has 2 rings (SSSR count). The summed E-state index contributed by atoms with van der Waals surface area (Å²) in [4.78, 5) is 14.0. The van der Waals surface area contributed by atoms with Gasteiger partial charge >= 0.3 is 5.97 Å². The van der Waals surface area contributed by atoms with Crippen LogP contribution in [0.1, 0.15) is 22.3 Å². The van der Waals surface area contributed by atoms with E-state index in [9.17, 15) is 18.3 Å². The van der Waals surface area contributed by atoms with Crippen LogP contribution in [-0.4, -0.2) is 51.6 Å². The number of rotatable bonds is 8. The van der Waals surface area contributed by atoms with Gasteiger partial charge in [0.15, 0.2) is 9.84 Å². The van der Waals surface area contributed by atoms with Gasteiger partial charge in [0.1, 0.15) is 19.9 Å². The average Bonchev–Trinajstić information content (AvgIpc) is 2.91. The number of thiophene rings is 1. The lowest BCUT2D eigenvalue weighted by Gasteiger charge is -2.10. The van der Waals surface area contributed by atoms with Crippen molar-refractivity contribution in [3.8, 4) is 5.75 Å². The molecular weight excluding hydrogens is 433 g/mol. The van der Waals surface area contributed by atoms with Gasteiger partial charge in [-0.25, -0.2) is 13.2 Å². The zero-order chi connectivity index (χ0) is 20.2. The minimum atomic E-state index is -3.67. The highest BCUT2D eigenvalue weighted by atomic mass is 35.5. The van der Waals surface area contributed by atoms with Crippen molar-refractivity contribution in [2.45, 2.75) is 16.4 Å². The van der Waals surface area contributed by atoms with Crippen molar-refractivity contribution >= 4 is 50.3 Å². The maximum atomic E-state index is 12.4. The van der Waals surface area contributed by atoms with Gasteiger partial charge in [-0.1, -0.05) is 29.3 Å². The summed E-state index contributed by atoms with van der Waals surface area (Å²) in [5.41, 5.74) is 0.320. The number of esters is 1. The molecule has 2 aromatic rings. The Labute approximate surface area is 172 Å². The molecule has 1 N–H and O–H groups in total. The molecule has 148 valence electrons. The number of phenols is 1. The van der Waals surface area contributed by atoms with E-state index < -0.39 is 15.8 Å². The fourth-order valence-corrected chi connectivity index (χ4v) is 5.53. The lowest BCUT2D eigenvalue weighted by Crippen LogP contribution is -2.16. The topological polar surface area (TPSA) is 83.9 Å². The number of carbonyl (C=O) groups is 1. The first-order chi connectivity index (χ1) is 12.6. The van der Waals surface area contributed by atoms with Crippen molar-refractivity contribution < 1.29 is 23.1 Å². The molecule has 0 aliphatic carbocycles. The maximum absolute atomic E-state index is 12.4. The van der Waals surface area contributed by atoms with E-state index in [2.05, 4.69) is 0 Å². The van der Waals surface area contributed by atoms with Crippen LogP contribution in [0.4, 0.5) is 0 Å². The molecule has 0 amide bonds. The molecule has 6 nitrogen and oxygen atoms in total. The van der Waals surface area contributed by atoms with Crippen molar-refractivity contribution in [1.29, 1.82) is 0 Å². The lowest BCUT2D eigenvalue weighted by molar-refractivity contribution is 0.0490. The highest BCUT2D eigenvalue weighted by molar-refractivity contribution is 7.92. The van der Waals surface area contributed by atoms with Crippen molar-refractivity contribution in [2.75, 3.05) is 27.2 Å². The number of hydrogen-bond donors (Lipinski definition) is 1. The quantitative estimate of drug-likeness (QED) is 0.484. The number of benzene rings is 1. The smallest absolute Gasteiger partial charge is 0.341 e. The molecule has 0 saturated heterocycles. The van der Waals surface area contributed by atoms with Gasteiger partial charge in [-0.3, -0.25) is 0 Å². The molecule has 0 radical (unpaired) electrons. The number of aromatic hydroxyl groups is 1. The van der Waals surface area contributed by atoms with Crippen LogP contribution in [0.15, 0.2) is 28.5 Å². The van der Waals surface area contributed by atoms with Crippen molar-refractivity contribution in [3.05, 3.63) is 44.8 Å². The summed E-state index contributed by atoms with van der Waals surface area (Å²) in [6, 6.07) is 5.35. The fraction of sp³-hybridized carbons (Fsp3) is 0.353. The van der Waals surface area contributed by atoms with Gasteiger partial charge in [0, 0.05) is 6.54 Å². The van der Waals surface area contributed by atoms with E-state index >= 15 is 0 Å². The second-order valence-corrected chi connectivity index (χ2v) is 10.4. The molecule has 0 bridgehead atoms. The normalized spacial score (nSPS) is 11.7. The SMILES string of the molecule is CN(C)CCCOC(=O)c1ccc(CS(=O)(=O)c2cc(Cl)c(Cl)s2)cc1O. The fourth-order valence-electron chi connectivity index (χ4n) is 2.23. The van der Waals surface area contributed by atoms with Crippen molar-refractivity contribution in [2.24, 2.45) is 0 Å². The molecule has 27 heavy (non-hydrogen) atoms. The van der Waals surface area contributed by atoms with Crippen LogP contribution in [0.2, 0.25) is 9.36 Å². The number of sulfone groups is 1. The Balaban J connectivity index is 2.06. The number of ether oxygens (including phenoxy) is 1. The van der Waals surface area contributed by atoms with Crippen LogP contribution in [0.3, 0.4) is 0 Å². The summed E-state index contributed by atoms with van der Waals surface area (Å²) in [6.07, 6.45) is 0.668. The summed E-state index contributed by atoms with van der Waals surface area (Å²) in [7, 11) is 0.157. The summed E-state index contributed by atoms with van der Waals surface area (Å²) in [5, 5.41) is 10.3. The van der Waals surface area contributed by atoms with Gasteiger partial charge < -0.3 is 14.7 Å². The van der Waals surface area contributed by atoms with E-state index in [1.165, 1.54) is 24.3 Å². The number of carbonyl (C=O) groups excluding carboxylic acids is 1. The van der Waals surface area contributed by atoms with Gasteiger partial charge in [-0.15, -0.1) is 11.3 Å². The average molecular weight is 452 g/mol. The zero-order valence-corrected chi connectivity index (χ0v) is 17.9. The Hall–Kier alpha value is -1.32. The highest BCUT2D eigenvalue weighted by Crippen LogP contribution is 2.35. The van der Waals surface area contributed by atoms with Crippen LogP contribution in [0, 0.1) is 0 Å². The number of phenolic OH excluding ortho intramolecular Hbond substituents is 1. The van der Waals surface area contributed by atoms with E-state index in [0.717, 1.165) is 17.9 Å². The monoisotopic (exact) mass is 451 g/mol. The van der Waals surface area contributed by atoms with E-state index in [1.54, 1.807) is 0 Å². The van der Waals surface area contributed by atoms with Crippen molar-refractivity contribution in [1.82, 2.24) is 4.90 Å². The first-order valence-corrected chi connectivity index (χ1v) is 11.1. The van der Waals surface area contributed by atoms with Crippen LogP contribution in [0.5, 0.6) is 5.75 Å². The first-order valence-electron chi connectivity index (χ1n) is 7.91. The molecule has 0 fully saturated rings. The van der Waals surface area contributed by atoms with Gasteiger partial charge in [0.2, 0.25) is 0 Å². The minimum Gasteiger partial charge on any atom is -0.507 e. The third-order valence-electron chi connectivity index (χ3n) is 3.55. The molecular formula is C17H19Cl2NO5S2. The van der Waals surface area contributed by atoms with Gasteiger partial charge in [-0.05, 0) is 44.3 Å². The summed E-state index contributed by atoms with van der Waals surface area (Å²) < 4.78 is 30.2. The molecule has 0 unspecified atom stereocenters. The van der Waals surface area contributed by atoms with Crippen LogP contribution in [-0.2, 0) is 20.3 Å². The van der Waals surface area contributed by atoms with Gasteiger partial charge in [0.25, 0.3) is 0 Å². The molecule has 0 saturated carbocycles. The van der Waals surface area contributed by atoms with Crippen LogP contribution < -0.4 is 0 Å². The third kappa shape index (κ3) is 6.08. The molecule has 0 aliphatic heterocycles. The predicted octanol–water partition coefficient (Wildman–Crippen LogP) is 3.84. The highest BCUT2D eigenvalue weighted by Gasteiger charge is 2.21. The molecule has 1 aromatic carbocycles. The molecule has 1 heterocycles. The van der Waals surface area contributed by atoms with Crippen molar-refractivity contribution in [3.63, 3.8) is 0 Å². The Morgan fingerprint density at radius 3 is 2.52 bits per heavy atom. The second kappa shape index (κ2) is 9.25. The Kier molecular flexibility index (Phi) is 7.53. The second-order valence-electron chi connectivity index (χ2n) is 6.09. The van der Waals surface area contributed by atoms with Gasteiger partial charge in [-0.2, -0.15) is 0 Å². The van der Waals surface area contributed by atoms with Gasteiger partial charge in [0.05, 0.1) is 17.4 Å². The van der Waals surface area contributed by atoms with Crippen LogP contribution >= 0.6 is 34.5 Å². The van der Waals surface area contributed by atoms with E-state index in [4.69, 9.17) is 27.9 Å². The molecule has 0 spiro atoms. The number of nitrogens with zero attached hydrogens (tertiary/aromatic N) is 1. The lowest BCUT2D eigenvalue weighted by atomic mass is 10.1. The standard InChI is InChI=1S/C17H19Cl2NO5S2/c1-20(2)6-3-7-25-17(22)12-5-4-11(8-14(12)21)10-27(23,24)15-9-13(18)16(19)26-15/h4-5,8-9,21H,3,6-7,10H2,1-2H3. The Bertz CT molecular complexity index is 906. The summed E-state index contributed by atoms with van der Waals surface area (Å²) >= 11 is 12.5. The predicted molar refractivity (Wildman–Crippen MR) is 107 cm³/mol. The Morgan fingerprint density at radius 2 is 1.96 bits per heavy atom. The van der Waals surface area contributed by atoms with E-state index in [-0.39, 0.29) is 37.2 Å². The summed E-state index contributed by atoms with van der Waals surface area (Å²) in [6.45, 7) is 0.999. The molecule has 1 aromatic heterocycles. The largest absolute Gasteiger partial charge is 0.507 e. The maximum Gasteiger partial charge on any atom is 0.341 e.